The number of imidazole rings is 1. The lowest BCUT2D eigenvalue weighted by atomic mass is 10.1. The van der Waals surface area contributed by atoms with Gasteiger partial charge in [0, 0.05) is 0 Å². The minimum absolute atomic E-state index is 0.146. The number of alkyl halides is 3. The number of amides is 1. The average Bonchev–Trinajstić information content (AvgIpc) is 3.27. The Labute approximate surface area is 149 Å². The zero-order chi connectivity index (χ0) is 19.0. The normalized spacial score (nSPS) is 11.7. The van der Waals surface area contributed by atoms with E-state index < -0.39 is 17.6 Å². The molecule has 0 bridgehead atoms. The number of carbonyl (C=O) groups excluding carboxylic acids is 1. The topological polar surface area (TPSA) is 88.5 Å². The second kappa shape index (κ2) is 6.24. The van der Waals surface area contributed by atoms with Crippen LogP contribution in [-0.2, 0) is 6.18 Å². The van der Waals surface area contributed by atoms with E-state index in [1.165, 1.54) is 18.2 Å². The van der Waals surface area contributed by atoms with Crippen LogP contribution in [0.4, 0.5) is 19.1 Å². The van der Waals surface area contributed by atoms with Crippen molar-refractivity contribution in [3.05, 3.63) is 66.0 Å². The first-order chi connectivity index (χ1) is 12.9. The summed E-state index contributed by atoms with van der Waals surface area (Å²) in [7, 11) is 0. The van der Waals surface area contributed by atoms with Crippen molar-refractivity contribution in [2.75, 3.05) is 5.32 Å². The van der Waals surface area contributed by atoms with E-state index in [1.807, 2.05) is 6.07 Å². The van der Waals surface area contributed by atoms with Gasteiger partial charge in [-0.2, -0.15) is 13.2 Å². The molecule has 0 saturated carbocycles. The monoisotopic (exact) mass is 372 g/mol. The number of anilines is 1. The van der Waals surface area contributed by atoms with E-state index in [0.717, 1.165) is 22.5 Å². The van der Waals surface area contributed by atoms with Crippen molar-refractivity contribution in [3.8, 4) is 5.69 Å². The van der Waals surface area contributed by atoms with Gasteiger partial charge in [0.05, 0.1) is 28.5 Å². The summed E-state index contributed by atoms with van der Waals surface area (Å²) in [6.07, 6.45) is -3.43. The maximum Gasteiger partial charge on any atom is 0.418 e. The molecule has 2 aromatic carbocycles. The van der Waals surface area contributed by atoms with Crippen LogP contribution >= 0.6 is 0 Å². The van der Waals surface area contributed by atoms with Gasteiger partial charge in [0.1, 0.15) is 0 Å². The van der Waals surface area contributed by atoms with Gasteiger partial charge >= 0.3 is 6.18 Å². The van der Waals surface area contributed by atoms with Crippen LogP contribution in [0.2, 0.25) is 0 Å². The minimum Gasteiger partial charge on any atom is -0.324 e. The SMILES string of the molecule is O=C(Nc1nc2ccccc2[nH]1)c1cn(-c2ccccc2C(F)(F)F)nn1. The van der Waals surface area contributed by atoms with Crippen molar-refractivity contribution in [1.29, 1.82) is 0 Å². The van der Waals surface area contributed by atoms with Gasteiger partial charge in [-0.05, 0) is 24.3 Å². The minimum atomic E-state index is -4.56. The number of carbonyl (C=O) groups is 1. The third-order valence-electron chi connectivity index (χ3n) is 3.80. The summed E-state index contributed by atoms with van der Waals surface area (Å²) in [6, 6.07) is 12.1. The van der Waals surface area contributed by atoms with Crippen LogP contribution in [0.5, 0.6) is 0 Å². The number of para-hydroxylation sites is 3. The molecule has 0 atom stereocenters. The zero-order valence-electron chi connectivity index (χ0n) is 13.5. The van der Waals surface area contributed by atoms with Gasteiger partial charge < -0.3 is 4.98 Å². The highest BCUT2D eigenvalue weighted by atomic mass is 19.4. The summed E-state index contributed by atoms with van der Waals surface area (Å²) < 4.78 is 40.3. The van der Waals surface area contributed by atoms with Gasteiger partial charge in [-0.25, -0.2) is 9.67 Å². The number of nitrogens with one attached hydrogen (secondary N) is 2. The first-order valence-electron chi connectivity index (χ1n) is 7.77. The van der Waals surface area contributed by atoms with Gasteiger partial charge in [-0.3, -0.25) is 10.1 Å². The maximum atomic E-state index is 13.1. The molecule has 0 aliphatic heterocycles. The number of hydrogen-bond donors (Lipinski definition) is 2. The number of nitrogens with zero attached hydrogens (tertiary/aromatic N) is 4. The molecule has 0 spiro atoms. The van der Waals surface area contributed by atoms with Crippen molar-refractivity contribution in [2.24, 2.45) is 0 Å². The van der Waals surface area contributed by atoms with Crippen LogP contribution in [0.1, 0.15) is 16.1 Å². The molecular weight excluding hydrogens is 361 g/mol. The first kappa shape index (κ1) is 16.8. The molecule has 27 heavy (non-hydrogen) atoms. The molecule has 4 aromatic rings. The molecule has 0 unspecified atom stereocenters. The van der Waals surface area contributed by atoms with Gasteiger partial charge in [0.2, 0.25) is 5.95 Å². The predicted octanol–water partition coefficient (Wildman–Crippen LogP) is 3.41. The van der Waals surface area contributed by atoms with Crippen LogP contribution in [0.3, 0.4) is 0 Å². The lowest BCUT2D eigenvalue weighted by molar-refractivity contribution is -0.137. The second-order valence-corrected chi connectivity index (χ2v) is 5.62. The molecule has 2 aromatic heterocycles. The summed E-state index contributed by atoms with van der Waals surface area (Å²) in [5.74, 6) is -0.448. The molecule has 0 radical (unpaired) electrons. The highest BCUT2D eigenvalue weighted by Gasteiger charge is 2.34. The van der Waals surface area contributed by atoms with E-state index in [4.69, 9.17) is 0 Å². The Morgan fingerprint density at radius 1 is 1.07 bits per heavy atom. The molecule has 1 amide bonds. The van der Waals surface area contributed by atoms with Gasteiger partial charge in [-0.1, -0.05) is 29.5 Å². The molecule has 0 saturated heterocycles. The van der Waals surface area contributed by atoms with Crippen LogP contribution < -0.4 is 5.32 Å². The number of aromatic nitrogens is 5. The zero-order valence-corrected chi connectivity index (χ0v) is 13.5. The molecule has 0 fully saturated rings. The third kappa shape index (κ3) is 3.24. The lowest BCUT2D eigenvalue weighted by Gasteiger charge is -2.11. The fourth-order valence-corrected chi connectivity index (χ4v) is 2.58. The van der Waals surface area contributed by atoms with Crippen LogP contribution in [0.15, 0.2) is 54.7 Å². The lowest BCUT2D eigenvalue weighted by Crippen LogP contribution is -2.13. The quantitative estimate of drug-likeness (QED) is 0.577. The number of H-pyrrole nitrogens is 1. The number of fused-ring (bicyclic) bond motifs is 1. The molecule has 2 heterocycles. The van der Waals surface area contributed by atoms with E-state index in [1.54, 1.807) is 18.2 Å². The fraction of sp³-hybridized carbons (Fsp3) is 0.0588. The fourth-order valence-electron chi connectivity index (χ4n) is 2.58. The Bertz CT molecular complexity index is 1100. The van der Waals surface area contributed by atoms with Crippen molar-refractivity contribution in [1.82, 2.24) is 25.0 Å². The summed E-state index contributed by atoms with van der Waals surface area (Å²) in [4.78, 5) is 19.4. The molecule has 0 aliphatic carbocycles. The van der Waals surface area contributed by atoms with Crippen molar-refractivity contribution in [3.63, 3.8) is 0 Å². The first-order valence-corrected chi connectivity index (χ1v) is 7.77. The largest absolute Gasteiger partial charge is 0.418 e. The standard InChI is InChI=1S/C17H11F3N6O/c18-17(19,20)10-5-1-4-8-14(10)26-9-13(24-25-26)15(27)23-16-21-11-6-2-3-7-12(11)22-16/h1-9H,(H2,21,22,23,27). The average molecular weight is 372 g/mol. The summed E-state index contributed by atoms with van der Waals surface area (Å²) >= 11 is 0. The van der Waals surface area contributed by atoms with Gasteiger partial charge in [0.25, 0.3) is 5.91 Å². The summed E-state index contributed by atoms with van der Waals surface area (Å²) in [6.45, 7) is 0. The number of benzene rings is 2. The van der Waals surface area contributed by atoms with Crippen molar-refractivity contribution < 1.29 is 18.0 Å². The van der Waals surface area contributed by atoms with Crippen molar-refractivity contribution >= 4 is 22.9 Å². The molecular formula is C17H11F3N6O. The molecule has 4 rings (SSSR count). The van der Waals surface area contributed by atoms with Crippen LogP contribution in [0, 0.1) is 0 Å². The van der Waals surface area contributed by atoms with E-state index in [0.29, 0.717) is 5.52 Å². The smallest absolute Gasteiger partial charge is 0.324 e. The molecule has 136 valence electrons. The van der Waals surface area contributed by atoms with Gasteiger partial charge in [-0.15, -0.1) is 5.10 Å². The second-order valence-electron chi connectivity index (χ2n) is 5.62. The summed E-state index contributed by atoms with van der Waals surface area (Å²) in [5, 5.41) is 9.81. The Balaban J connectivity index is 1.60. The predicted molar refractivity (Wildman–Crippen MR) is 90.4 cm³/mol. The van der Waals surface area contributed by atoms with Crippen LogP contribution in [-0.4, -0.2) is 30.9 Å². The number of halogens is 3. The Morgan fingerprint density at radius 2 is 1.81 bits per heavy atom. The Kier molecular flexibility index (Phi) is 3.87. The van der Waals surface area contributed by atoms with Crippen LogP contribution in [0.25, 0.3) is 16.7 Å². The Morgan fingerprint density at radius 3 is 2.59 bits per heavy atom. The van der Waals surface area contributed by atoms with Gasteiger partial charge in [0.15, 0.2) is 5.69 Å². The van der Waals surface area contributed by atoms with E-state index in [9.17, 15) is 18.0 Å². The van der Waals surface area contributed by atoms with Crippen molar-refractivity contribution in [2.45, 2.75) is 6.18 Å². The maximum absolute atomic E-state index is 13.1. The molecule has 2 N–H and O–H groups in total. The number of hydrogen-bond acceptors (Lipinski definition) is 4. The highest BCUT2D eigenvalue weighted by Crippen LogP contribution is 2.33. The molecule has 10 heteroatoms. The third-order valence-corrected chi connectivity index (χ3v) is 3.80. The van der Waals surface area contributed by atoms with E-state index in [2.05, 4.69) is 25.6 Å². The number of rotatable bonds is 3. The molecule has 0 aliphatic rings. The summed E-state index contributed by atoms with van der Waals surface area (Å²) in [5.41, 5.74) is 0.151. The molecule has 7 nitrogen and oxygen atoms in total. The number of aromatic amines is 1. The van der Waals surface area contributed by atoms with E-state index >= 15 is 0 Å². The highest BCUT2D eigenvalue weighted by molar-refractivity contribution is 6.02. The Hall–Kier alpha value is -3.69. The van der Waals surface area contributed by atoms with E-state index in [-0.39, 0.29) is 17.3 Å².